The number of hydrogen-bond donors (Lipinski definition) is 2. The van der Waals surface area contributed by atoms with E-state index < -0.39 is 0 Å². The molecular weight excluding hydrogens is 429 g/mol. The van der Waals surface area contributed by atoms with Crippen LogP contribution in [0.3, 0.4) is 0 Å². The van der Waals surface area contributed by atoms with Gasteiger partial charge >= 0.3 is 0 Å². The third-order valence-corrected chi connectivity index (χ3v) is 3.42. The van der Waals surface area contributed by atoms with E-state index in [-0.39, 0.29) is 24.0 Å². The Labute approximate surface area is 163 Å². The van der Waals surface area contributed by atoms with Crippen molar-refractivity contribution in [2.45, 2.75) is 13.1 Å². The molecule has 2 N–H and O–H groups in total. The van der Waals surface area contributed by atoms with Crippen LogP contribution in [0, 0.1) is 0 Å². The largest absolute Gasteiger partial charge is 0.352 e. The van der Waals surface area contributed by atoms with E-state index >= 15 is 0 Å². The van der Waals surface area contributed by atoms with Crippen LogP contribution in [0.2, 0.25) is 0 Å². The topological polar surface area (TPSA) is 80.0 Å². The average molecular weight is 449 g/mol. The Balaban J connectivity index is 0.00000225. The van der Waals surface area contributed by atoms with Gasteiger partial charge in [-0.25, -0.2) is 9.97 Å². The second kappa shape index (κ2) is 9.72. The summed E-state index contributed by atoms with van der Waals surface area (Å²) in [6.45, 7) is 1.26. The number of guanidine groups is 1. The minimum atomic E-state index is 0. The van der Waals surface area contributed by atoms with Crippen molar-refractivity contribution in [1.82, 2.24) is 30.2 Å². The van der Waals surface area contributed by atoms with Crippen molar-refractivity contribution in [2.24, 2.45) is 4.99 Å². The van der Waals surface area contributed by atoms with Gasteiger partial charge in [0.05, 0.1) is 12.2 Å². The van der Waals surface area contributed by atoms with Crippen LogP contribution in [-0.2, 0) is 13.1 Å². The maximum Gasteiger partial charge on any atom is 0.191 e. The van der Waals surface area contributed by atoms with Gasteiger partial charge in [0.15, 0.2) is 5.96 Å². The second-order valence-corrected chi connectivity index (χ2v) is 5.09. The molecule has 0 atom stereocenters. The first-order chi connectivity index (χ1) is 11.8. The lowest BCUT2D eigenvalue weighted by Gasteiger charge is -2.11. The first kappa shape index (κ1) is 18.8. The van der Waals surface area contributed by atoms with Gasteiger partial charge < -0.3 is 10.6 Å². The van der Waals surface area contributed by atoms with E-state index in [0.29, 0.717) is 13.1 Å². The standard InChI is InChI=1S/C17H19N7.HI/c1-18-17(23-12-15-4-2-3-7-20-15)22-11-14-5-6-16(21-10-14)24-9-8-19-13-24;/h2-10,13H,11-12H2,1H3,(H2,18,22,23);1H. The number of halogens is 1. The fourth-order valence-corrected chi connectivity index (χ4v) is 2.15. The molecule has 0 aliphatic rings. The van der Waals surface area contributed by atoms with E-state index in [1.807, 2.05) is 47.3 Å². The predicted molar refractivity (Wildman–Crippen MR) is 108 cm³/mol. The highest BCUT2D eigenvalue weighted by molar-refractivity contribution is 14.0. The van der Waals surface area contributed by atoms with Gasteiger partial charge in [-0.3, -0.25) is 14.5 Å². The first-order valence-corrected chi connectivity index (χ1v) is 7.63. The number of hydrogen-bond acceptors (Lipinski definition) is 4. The van der Waals surface area contributed by atoms with Gasteiger partial charge in [0.1, 0.15) is 12.1 Å². The molecule has 0 fully saturated rings. The van der Waals surface area contributed by atoms with Crippen LogP contribution in [0.1, 0.15) is 11.3 Å². The average Bonchev–Trinajstić information content (AvgIpc) is 3.18. The maximum atomic E-state index is 4.43. The Morgan fingerprint density at radius 3 is 2.60 bits per heavy atom. The molecule has 3 heterocycles. The van der Waals surface area contributed by atoms with E-state index in [1.165, 1.54) is 0 Å². The van der Waals surface area contributed by atoms with Gasteiger partial charge in [0.25, 0.3) is 0 Å². The van der Waals surface area contributed by atoms with Crippen LogP contribution in [0.25, 0.3) is 5.82 Å². The van der Waals surface area contributed by atoms with Gasteiger partial charge in [-0.05, 0) is 23.8 Å². The zero-order valence-electron chi connectivity index (χ0n) is 13.8. The van der Waals surface area contributed by atoms with E-state index in [2.05, 4.69) is 30.6 Å². The smallest absolute Gasteiger partial charge is 0.191 e. The highest BCUT2D eigenvalue weighted by atomic mass is 127. The van der Waals surface area contributed by atoms with Gasteiger partial charge in [-0.1, -0.05) is 12.1 Å². The molecule has 0 aromatic carbocycles. The lowest BCUT2D eigenvalue weighted by atomic mass is 10.3. The summed E-state index contributed by atoms with van der Waals surface area (Å²) < 4.78 is 1.87. The minimum Gasteiger partial charge on any atom is -0.352 e. The normalized spacial score (nSPS) is 10.8. The van der Waals surface area contributed by atoms with Crippen LogP contribution in [0.5, 0.6) is 0 Å². The Bertz CT molecular complexity index is 771. The third-order valence-electron chi connectivity index (χ3n) is 3.42. The molecule has 0 saturated heterocycles. The SMILES string of the molecule is CN=C(NCc1ccc(-n2ccnc2)nc1)NCc1ccccn1.I. The molecule has 0 amide bonds. The number of imidazole rings is 1. The number of aliphatic imine (C=N–C) groups is 1. The first-order valence-electron chi connectivity index (χ1n) is 7.63. The molecule has 0 unspecified atom stereocenters. The number of rotatable bonds is 5. The van der Waals surface area contributed by atoms with Crippen molar-refractivity contribution >= 4 is 29.9 Å². The van der Waals surface area contributed by atoms with Gasteiger partial charge in [0, 0.05) is 38.4 Å². The molecule has 0 radical (unpaired) electrons. The monoisotopic (exact) mass is 449 g/mol. The highest BCUT2D eigenvalue weighted by Gasteiger charge is 2.01. The molecular formula is C17H20IN7. The van der Waals surface area contributed by atoms with Crippen LogP contribution in [0.4, 0.5) is 0 Å². The molecule has 3 aromatic heterocycles. The number of nitrogens with one attached hydrogen (secondary N) is 2. The molecule has 25 heavy (non-hydrogen) atoms. The molecule has 0 aliphatic heterocycles. The molecule has 0 bridgehead atoms. The molecule has 0 aliphatic carbocycles. The fourth-order valence-electron chi connectivity index (χ4n) is 2.15. The van der Waals surface area contributed by atoms with Gasteiger partial charge in [0.2, 0.25) is 0 Å². The van der Waals surface area contributed by atoms with Crippen LogP contribution in [0.15, 0.2) is 66.4 Å². The quantitative estimate of drug-likeness (QED) is 0.355. The lowest BCUT2D eigenvalue weighted by Crippen LogP contribution is -2.36. The summed E-state index contributed by atoms with van der Waals surface area (Å²) in [7, 11) is 1.74. The molecule has 0 saturated carbocycles. The maximum absolute atomic E-state index is 4.43. The second-order valence-electron chi connectivity index (χ2n) is 5.09. The van der Waals surface area contributed by atoms with Crippen LogP contribution >= 0.6 is 24.0 Å². The summed E-state index contributed by atoms with van der Waals surface area (Å²) in [5, 5.41) is 6.50. The van der Waals surface area contributed by atoms with E-state index in [1.54, 1.807) is 25.8 Å². The molecule has 3 aromatic rings. The molecule has 0 spiro atoms. The Morgan fingerprint density at radius 2 is 1.96 bits per heavy atom. The fraction of sp³-hybridized carbons (Fsp3) is 0.176. The molecule has 3 rings (SSSR count). The Hall–Kier alpha value is -2.49. The highest BCUT2D eigenvalue weighted by Crippen LogP contribution is 2.05. The third kappa shape index (κ3) is 5.52. The van der Waals surface area contributed by atoms with E-state index in [0.717, 1.165) is 23.0 Å². The van der Waals surface area contributed by atoms with Crippen molar-refractivity contribution < 1.29 is 0 Å². The summed E-state index contributed by atoms with van der Waals surface area (Å²) in [6, 6.07) is 9.83. The molecule has 130 valence electrons. The van der Waals surface area contributed by atoms with Crippen LogP contribution in [-0.4, -0.2) is 32.5 Å². The van der Waals surface area contributed by atoms with E-state index in [9.17, 15) is 0 Å². The van der Waals surface area contributed by atoms with Crippen molar-refractivity contribution in [3.05, 3.63) is 72.7 Å². The number of pyridine rings is 2. The Kier molecular flexibility index (Phi) is 7.33. The lowest BCUT2D eigenvalue weighted by molar-refractivity contribution is 0.792. The zero-order chi connectivity index (χ0) is 16.6. The molecule has 8 heteroatoms. The predicted octanol–water partition coefficient (Wildman–Crippen LogP) is 2.15. The number of nitrogens with zero attached hydrogens (tertiary/aromatic N) is 5. The summed E-state index contributed by atoms with van der Waals surface area (Å²) in [5.41, 5.74) is 2.03. The van der Waals surface area contributed by atoms with Crippen molar-refractivity contribution in [1.29, 1.82) is 0 Å². The zero-order valence-corrected chi connectivity index (χ0v) is 16.2. The molecule has 7 nitrogen and oxygen atoms in total. The Morgan fingerprint density at radius 1 is 1.08 bits per heavy atom. The minimum absolute atomic E-state index is 0. The van der Waals surface area contributed by atoms with Crippen molar-refractivity contribution in [3.63, 3.8) is 0 Å². The van der Waals surface area contributed by atoms with Crippen molar-refractivity contribution in [3.8, 4) is 5.82 Å². The van der Waals surface area contributed by atoms with Crippen molar-refractivity contribution in [2.75, 3.05) is 7.05 Å². The van der Waals surface area contributed by atoms with Crippen LogP contribution < -0.4 is 10.6 Å². The summed E-state index contributed by atoms with van der Waals surface area (Å²) in [6.07, 6.45) is 8.94. The summed E-state index contributed by atoms with van der Waals surface area (Å²) >= 11 is 0. The van der Waals surface area contributed by atoms with E-state index in [4.69, 9.17) is 0 Å². The summed E-state index contributed by atoms with van der Waals surface area (Å²) in [5.74, 6) is 1.56. The van der Waals surface area contributed by atoms with Gasteiger partial charge in [-0.2, -0.15) is 0 Å². The summed E-state index contributed by atoms with van der Waals surface area (Å²) in [4.78, 5) is 16.9. The number of aromatic nitrogens is 4. The van der Waals surface area contributed by atoms with Gasteiger partial charge in [-0.15, -0.1) is 24.0 Å².